The van der Waals surface area contributed by atoms with E-state index >= 15 is 0 Å². The van der Waals surface area contributed by atoms with Gasteiger partial charge in [-0.3, -0.25) is 14.4 Å². The van der Waals surface area contributed by atoms with Crippen molar-refractivity contribution in [2.75, 3.05) is 6.54 Å². The van der Waals surface area contributed by atoms with E-state index in [1.54, 1.807) is 19.4 Å². The van der Waals surface area contributed by atoms with Crippen LogP contribution in [-0.4, -0.2) is 47.3 Å². The molecule has 0 aliphatic carbocycles. The molecular formula is C22H26N4O5S. The quantitative estimate of drug-likeness (QED) is 0.561. The number of Topliss-reactive ketones (excluding diaryl/α,β-unsaturated/α-hetero) is 1. The second kappa shape index (κ2) is 10.9. The molecule has 10 heteroatoms. The fourth-order valence-electron chi connectivity index (χ4n) is 3.29. The standard InChI is InChI=1S/C22H26N4O5S/c1-13(2)18(26-22(30)31-11-14-6-4-3-5-7-14)20(28)25-16-10-15-17(32-12-24-15)8-9-23-21(29)19(16)27/h3-7,12-13,16,18H,8-11H2,1-2H3,(H,23,29)(H,25,28)(H,26,30). The molecule has 9 nitrogen and oxygen atoms in total. The Balaban J connectivity index is 1.66. The van der Waals surface area contributed by atoms with Gasteiger partial charge < -0.3 is 20.7 Å². The van der Waals surface area contributed by atoms with Crippen molar-refractivity contribution in [3.63, 3.8) is 0 Å². The van der Waals surface area contributed by atoms with Gasteiger partial charge in [-0.2, -0.15) is 0 Å². The van der Waals surface area contributed by atoms with Crippen LogP contribution in [0, 0.1) is 5.92 Å². The highest BCUT2D eigenvalue weighted by atomic mass is 32.1. The van der Waals surface area contributed by atoms with Gasteiger partial charge in [0.1, 0.15) is 18.7 Å². The molecule has 0 radical (unpaired) electrons. The smallest absolute Gasteiger partial charge is 0.408 e. The number of carbonyl (C=O) groups excluding carboxylic acids is 4. The molecule has 0 bridgehead atoms. The largest absolute Gasteiger partial charge is 0.445 e. The zero-order valence-electron chi connectivity index (χ0n) is 17.9. The molecule has 32 heavy (non-hydrogen) atoms. The summed E-state index contributed by atoms with van der Waals surface area (Å²) >= 11 is 1.44. The molecule has 0 fully saturated rings. The van der Waals surface area contributed by atoms with E-state index in [4.69, 9.17) is 4.74 Å². The van der Waals surface area contributed by atoms with Crippen molar-refractivity contribution in [3.8, 4) is 0 Å². The van der Waals surface area contributed by atoms with E-state index in [1.165, 1.54) is 11.3 Å². The summed E-state index contributed by atoms with van der Waals surface area (Å²) in [6.07, 6.45) is -0.0635. The first-order valence-corrected chi connectivity index (χ1v) is 11.2. The summed E-state index contributed by atoms with van der Waals surface area (Å²) in [4.78, 5) is 55.3. The Hall–Kier alpha value is -3.27. The number of amides is 3. The van der Waals surface area contributed by atoms with Crippen molar-refractivity contribution < 1.29 is 23.9 Å². The number of fused-ring (bicyclic) bond motifs is 1. The topological polar surface area (TPSA) is 126 Å². The van der Waals surface area contributed by atoms with Gasteiger partial charge in [0.05, 0.1) is 11.2 Å². The second-order valence-corrected chi connectivity index (χ2v) is 8.72. The lowest BCUT2D eigenvalue weighted by atomic mass is 10.0. The molecule has 2 unspecified atom stereocenters. The number of benzene rings is 1. The Morgan fingerprint density at radius 3 is 2.72 bits per heavy atom. The van der Waals surface area contributed by atoms with Crippen LogP contribution < -0.4 is 16.0 Å². The molecule has 1 aromatic heterocycles. The van der Waals surface area contributed by atoms with E-state index in [2.05, 4.69) is 20.9 Å². The number of ether oxygens (including phenoxy) is 1. The molecule has 2 atom stereocenters. The van der Waals surface area contributed by atoms with Gasteiger partial charge in [-0.25, -0.2) is 9.78 Å². The zero-order valence-corrected chi connectivity index (χ0v) is 18.7. The van der Waals surface area contributed by atoms with E-state index < -0.39 is 35.8 Å². The summed E-state index contributed by atoms with van der Waals surface area (Å²) < 4.78 is 5.21. The predicted octanol–water partition coefficient (Wildman–Crippen LogP) is 1.36. The number of carbonyl (C=O) groups is 4. The highest BCUT2D eigenvalue weighted by Crippen LogP contribution is 2.17. The molecule has 170 valence electrons. The third kappa shape index (κ3) is 6.13. The van der Waals surface area contributed by atoms with E-state index in [1.807, 2.05) is 30.3 Å². The summed E-state index contributed by atoms with van der Waals surface area (Å²) in [6.45, 7) is 3.91. The Labute approximate surface area is 189 Å². The van der Waals surface area contributed by atoms with Crippen LogP contribution in [0.1, 0.15) is 30.0 Å². The number of hydrogen-bond acceptors (Lipinski definition) is 7. The second-order valence-electron chi connectivity index (χ2n) is 7.79. The van der Waals surface area contributed by atoms with E-state index in [0.717, 1.165) is 10.4 Å². The number of aromatic nitrogens is 1. The van der Waals surface area contributed by atoms with Crippen molar-refractivity contribution in [2.24, 2.45) is 5.92 Å². The lowest BCUT2D eigenvalue weighted by Crippen LogP contribution is -2.56. The van der Waals surface area contributed by atoms with E-state index in [9.17, 15) is 19.2 Å². The fraction of sp³-hybridized carbons (Fsp3) is 0.409. The number of ketones is 1. The van der Waals surface area contributed by atoms with Crippen molar-refractivity contribution >= 4 is 35.0 Å². The van der Waals surface area contributed by atoms with E-state index in [0.29, 0.717) is 18.7 Å². The van der Waals surface area contributed by atoms with Gasteiger partial charge in [-0.05, 0) is 11.5 Å². The molecule has 3 amide bonds. The minimum Gasteiger partial charge on any atom is -0.445 e. The molecular weight excluding hydrogens is 432 g/mol. The van der Waals surface area contributed by atoms with Crippen LogP contribution in [0.3, 0.4) is 0 Å². The molecule has 0 saturated heterocycles. The summed E-state index contributed by atoms with van der Waals surface area (Å²) in [5, 5.41) is 7.76. The molecule has 2 aromatic rings. The molecule has 2 heterocycles. The number of nitrogens with one attached hydrogen (secondary N) is 3. The van der Waals surface area contributed by atoms with Crippen LogP contribution in [0.2, 0.25) is 0 Å². The summed E-state index contributed by atoms with van der Waals surface area (Å²) in [6, 6.07) is 7.14. The third-order valence-corrected chi connectivity index (χ3v) is 5.99. The van der Waals surface area contributed by atoms with Crippen LogP contribution in [0.25, 0.3) is 0 Å². The van der Waals surface area contributed by atoms with Gasteiger partial charge in [0, 0.05) is 24.3 Å². The average molecular weight is 459 g/mol. The summed E-state index contributed by atoms with van der Waals surface area (Å²) in [7, 11) is 0. The van der Waals surface area contributed by atoms with Crippen LogP contribution in [0.15, 0.2) is 35.8 Å². The maximum absolute atomic E-state index is 13.0. The van der Waals surface area contributed by atoms with Crippen molar-refractivity contribution in [3.05, 3.63) is 52.0 Å². The van der Waals surface area contributed by atoms with Crippen molar-refractivity contribution in [1.29, 1.82) is 0 Å². The first kappa shape index (κ1) is 23.4. The van der Waals surface area contributed by atoms with Crippen molar-refractivity contribution in [1.82, 2.24) is 20.9 Å². The van der Waals surface area contributed by atoms with Gasteiger partial charge in [0.25, 0.3) is 5.91 Å². The van der Waals surface area contributed by atoms with Gasteiger partial charge in [-0.15, -0.1) is 11.3 Å². The van der Waals surface area contributed by atoms with E-state index in [-0.39, 0.29) is 18.9 Å². The fourth-order valence-corrected chi connectivity index (χ4v) is 4.09. The van der Waals surface area contributed by atoms with Gasteiger partial charge >= 0.3 is 6.09 Å². The lowest BCUT2D eigenvalue weighted by Gasteiger charge is -2.24. The highest BCUT2D eigenvalue weighted by molar-refractivity contribution is 7.09. The predicted molar refractivity (Wildman–Crippen MR) is 118 cm³/mol. The summed E-state index contributed by atoms with van der Waals surface area (Å²) in [5.74, 6) is -2.34. The number of thiazole rings is 1. The molecule has 3 rings (SSSR count). The maximum Gasteiger partial charge on any atom is 0.408 e. The van der Waals surface area contributed by atoms with Crippen LogP contribution in [0.5, 0.6) is 0 Å². The van der Waals surface area contributed by atoms with Crippen LogP contribution in [0.4, 0.5) is 4.79 Å². The lowest BCUT2D eigenvalue weighted by molar-refractivity contribution is -0.140. The van der Waals surface area contributed by atoms with Gasteiger partial charge in [0.15, 0.2) is 0 Å². The monoisotopic (exact) mass is 458 g/mol. The maximum atomic E-state index is 13.0. The van der Waals surface area contributed by atoms with Crippen LogP contribution in [-0.2, 0) is 38.6 Å². The number of alkyl carbamates (subject to hydrolysis) is 1. The SMILES string of the molecule is CC(C)C(NC(=O)OCc1ccccc1)C(=O)NC1Cc2ncsc2CCNC(=O)C1=O. The normalized spacial score (nSPS) is 17.3. The van der Waals surface area contributed by atoms with Crippen molar-refractivity contribution in [2.45, 2.75) is 45.4 Å². The number of rotatable bonds is 6. The first-order valence-electron chi connectivity index (χ1n) is 10.4. The molecule has 1 aliphatic heterocycles. The molecule has 0 saturated carbocycles. The Bertz CT molecular complexity index is 976. The summed E-state index contributed by atoms with van der Waals surface area (Å²) in [5.41, 5.74) is 3.18. The third-order valence-electron chi connectivity index (χ3n) is 5.05. The molecule has 1 aromatic carbocycles. The number of hydrogen-bond donors (Lipinski definition) is 3. The minimum atomic E-state index is -1.08. The molecule has 3 N–H and O–H groups in total. The molecule has 0 spiro atoms. The van der Waals surface area contributed by atoms with Gasteiger partial charge in [0.2, 0.25) is 11.7 Å². The first-order chi connectivity index (χ1) is 15.3. The molecule has 1 aliphatic rings. The average Bonchev–Trinajstić information content (AvgIpc) is 3.22. The van der Waals surface area contributed by atoms with Crippen LogP contribution >= 0.6 is 11.3 Å². The Kier molecular flexibility index (Phi) is 7.93. The Morgan fingerprint density at radius 2 is 2.00 bits per heavy atom. The number of nitrogens with zero attached hydrogens (tertiary/aromatic N) is 1. The Morgan fingerprint density at radius 1 is 1.25 bits per heavy atom. The zero-order chi connectivity index (χ0) is 23.1. The minimum absolute atomic E-state index is 0.0625. The highest BCUT2D eigenvalue weighted by Gasteiger charge is 2.33. The van der Waals surface area contributed by atoms with Gasteiger partial charge in [-0.1, -0.05) is 44.2 Å².